The van der Waals surface area contributed by atoms with Crippen LogP contribution in [0, 0.1) is 0 Å². The van der Waals surface area contributed by atoms with Crippen molar-refractivity contribution in [2.75, 3.05) is 0 Å². The summed E-state index contributed by atoms with van der Waals surface area (Å²) in [5.74, 6) is -3.04. The number of aliphatic hydroxyl groups is 1. The number of carbonyl (C=O) groups excluding carboxylic acids is 2. The van der Waals surface area contributed by atoms with E-state index >= 15 is 0 Å². The Bertz CT molecular complexity index is 266. The Hall–Kier alpha value is -1.63. The van der Waals surface area contributed by atoms with E-state index in [1.54, 1.807) is 6.92 Å². The number of carboxylic acid groups (broad SMARTS) is 1. The van der Waals surface area contributed by atoms with E-state index < -0.39 is 36.4 Å². The van der Waals surface area contributed by atoms with E-state index in [0.29, 0.717) is 0 Å². The standard InChI is InChI=1S/C8H14N2O5/c1-2-5(11)7(13)10-4(8(14)15)3-6(9)12/h4-5,11H,2-3H2,1H3,(H2,9,12)(H,10,13)(H,14,15)/t4-,5?/m0/s1. The molecule has 0 aliphatic carbocycles. The van der Waals surface area contributed by atoms with Crippen molar-refractivity contribution < 1.29 is 24.6 Å². The summed E-state index contributed by atoms with van der Waals surface area (Å²) in [5, 5.41) is 19.7. The number of aliphatic hydroxyl groups excluding tert-OH is 1. The van der Waals surface area contributed by atoms with E-state index in [-0.39, 0.29) is 6.42 Å². The SMILES string of the molecule is CCC(O)C(=O)N[C@@H](CC(N)=O)C(=O)O. The lowest BCUT2D eigenvalue weighted by Crippen LogP contribution is -2.47. The fraction of sp³-hybridized carbons (Fsp3) is 0.625. The molecule has 7 heteroatoms. The molecule has 0 saturated carbocycles. The number of aliphatic carboxylic acids is 1. The van der Waals surface area contributed by atoms with Crippen LogP contribution in [0.1, 0.15) is 19.8 Å². The molecule has 0 rings (SSSR count). The minimum atomic E-state index is -1.39. The Kier molecular flexibility index (Phi) is 5.32. The smallest absolute Gasteiger partial charge is 0.326 e. The van der Waals surface area contributed by atoms with Crippen molar-refractivity contribution in [2.24, 2.45) is 5.73 Å². The second-order valence-corrected chi connectivity index (χ2v) is 2.99. The number of rotatable bonds is 6. The van der Waals surface area contributed by atoms with Crippen molar-refractivity contribution in [1.82, 2.24) is 5.32 Å². The van der Waals surface area contributed by atoms with E-state index in [4.69, 9.17) is 15.9 Å². The van der Waals surface area contributed by atoms with Crippen LogP contribution in [0.15, 0.2) is 0 Å². The summed E-state index contributed by atoms with van der Waals surface area (Å²) in [6, 6.07) is -1.39. The molecule has 5 N–H and O–H groups in total. The van der Waals surface area contributed by atoms with Crippen molar-refractivity contribution in [3.05, 3.63) is 0 Å². The number of hydrogen-bond acceptors (Lipinski definition) is 4. The van der Waals surface area contributed by atoms with Gasteiger partial charge in [0.1, 0.15) is 12.1 Å². The number of hydrogen-bond donors (Lipinski definition) is 4. The Morgan fingerprint density at radius 3 is 2.27 bits per heavy atom. The van der Waals surface area contributed by atoms with Crippen LogP contribution in [-0.2, 0) is 14.4 Å². The van der Waals surface area contributed by atoms with Crippen molar-refractivity contribution in [3.63, 3.8) is 0 Å². The second kappa shape index (κ2) is 5.97. The van der Waals surface area contributed by atoms with E-state index in [1.165, 1.54) is 0 Å². The number of nitrogens with two attached hydrogens (primary N) is 1. The van der Waals surface area contributed by atoms with E-state index in [9.17, 15) is 14.4 Å². The molecule has 2 amide bonds. The summed E-state index contributed by atoms with van der Waals surface area (Å²) in [7, 11) is 0. The van der Waals surface area contributed by atoms with Crippen LogP contribution < -0.4 is 11.1 Å². The zero-order valence-corrected chi connectivity index (χ0v) is 8.27. The van der Waals surface area contributed by atoms with Crippen LogP contribution in [0.2, 0.25) is 0 Å². The highest BCUT2D eigenvalue weighted by molar-refractivity contribution is 5.89. The summed E-state index contributed by atoms with van der Waals surface area (Å²) < 4.78 is 0. The summed E-state index contributed by atoms with van der Waals surface area (Å²) in [4.78, 5) is 32.2. The van der Waals surface area contributed by atoms with Gasteiger partial charge in [-0.25, -0.2) is 4.79 Å². The van der Waals surface area contributed by atoms with Gasteiger partial charge >= 0.3 is 5.97 Å². The Balaban J connectivity index is 4.35. The summed E-state index contributed by atoms with van der Waals surface area (Å²) in [6.45, 7) is 1.56. The van der Waals surface area contributed by atoms with Crippen LogP contribution in [0.5, 0.6) is 0 Å². The second-order valence-electron chi connectivity index (χ2n) is 2.99. The molecule has 0 aromatic carbocycles. The van der Waals surface area contributed by atoms with Crippen molar-refractivity contribution in [1.29, 1.82) is 0 Å². The molecule has 86 valence electrons. The highest BCUT2D eigenvalue weighted by Gasteiger charge is 2.24. The molecule has 1 unspecified atom stereocenters. The van der Waals surface area contributed by atoms with Gasteiger partial charge in [-0.2, -0.15) is 0 Å². The van der Waals surface area contributed by atoms with Crippen LogP contribution >= 0.6 is 0 Å². The average Bonchev–Trinajstić information content (AvgIpc) is 2.14. The van der Waals surface area contributed by atoms with Gasteiger partial charge in [-0.15, -0.1) is 0 Å². The summed E-state index contributed by atoms with van der Waals surface area (Å²) in [6.07, 6.45) is -1.62. The van der Waals surface area contributed by atoms with Crippen LogP contribution in [0.4, 0.5) is 0 Å². The Morgan fingerprint density at radius 1 is 1.40 bits per heavy atom. The van der Waals surface area contributed by atoms with Gasteiger partial charge in [0.05, 0.1) is 6.42 Å². The molecule has 0 heterocycles. The van der Waals surface area contributed by atoms with Gasteiger partial charge in [0.2, 0.25) is 11.8 Å². The fourth-order valence-corrected chi connectivity index (χ4v) is 0.855. The third-order valence-corrected chi connectivity index (χ3v) is 1.71. The molecule has 0 aromatic heterocycles. The highest BCUT2D eigenvalue weighted by Crippen LogP contribution is 1.95. The zero-order valence-electron chi connectivity index (χ0n) is 8.27. The van der Waals surface area contributed by atoms with Crippen molar-refractivity contribution >= 4 is 17.8 Å². The number of nitrogens with one attached hydrogen (secondary N) is 1. The van der Waals surface area contributed by atoms with Gasteiger partial charge in [0, 0.05) is 0 Å². The van der Waals surface area contributed by atoms with Gasteiger partial charge in [-0.3, -0.25) is 9.59 Å². The maximum atomic E-state index is 11.1. The van der Waals surface area contributed by atoms with E-state index in [0.717, 1.165) is 0 Å². The predicted molar refractivity (Wildman–Crippen MR) is 49.7 cm³/mol. The first kappa shape index (κ1) is 13.4. The molecule has 15 heavy (non-hydrogen) atoms. The van der Waals surface area contributed by atoms with Crippen LogP contribution in [0.3, 0.4) is 0 Å². The van der Waals surface area contributed by atoms with E-state index in [2.05, 4.69) is 0 Å². The third kappa shape index (κ3) is 4.96. The molecule has 0 spiro atoms. The number of carbonyl (C=O) groups is 3. The third-order valence-electron chi connectivity index (χ3n) is 1.71. The topological polar surface area (TPSA) is 130 Å². The summed E-state index contributed by atoms with van der Waals surface area (Å²) >= 11 is 0. The first-order valence-corrected chi connectivity index (χ1v) is 4.38. The monoisotopic (exact) mass is 218 g/mol. The van der Waals surface area contributed by atoms with Gasteiger partial charge in [0.25, 0.3) is 0 Å². The molecule has 0 saturated heterocycles. The number of amides is 2. The molecule has 7 nitrogen and oxygen atoms in total. The Morgan fingerprint density at radius 2 is 1.93 bits per heavy atom. The maximum Gasteiger partial charge on any atom is 0.326 e. The molecule has 0 aromatic rings. The van der Waals surface area contributed by atoms with Gasteiger partial charge < -0.3 is 21.3 Å². The minimum absolute atomic E-state index is 0.161. The lowest BCUT2D eigenvalue weighted by atomic mass is 10.1. The molecular weight excluding hydrogens is 204 g/mol. The van der Waals surface area contributed by atoms with E-state index in [1.807, 2.05) is 5.32 Å². The summed E-state index contributed by atoms with van der Waals surface area (Å²) in [5.41, 5.74) is 4.80. The average molecular weight is 218 g/mol. The molecule has 0 bridgehead atoms. The minimum Gasteiger partial charge on any atom is -0.480 e. The van der Waals surface area contributed by atoms with Gasteiger partial charge in [0.15, 0.2) is 0 Å². The molecular formula is C8H14N2O5. The van der Waals surface area contributed by atoms with Crippen LogP contribution in [0.25, 0.3) is 0 Å². The molecule has 0 fully saturated rings. The molecule has 0 aliphatic heterocycles. The first-order chi connectivity index (χ1) is 6.88. The fourth-order valence-electron chi connectivity index (χ4n) is 0.855. The zero-order chi connectivity index (χ0) is 12.0. The van der Waals surface area contributed by atoms with Crippen molar-refractivity contribution in [3.8, 4) is 0 Å². The number of primary amides is 1. The largest absolute Gasteiger partial charge is 0.480 e. The Labute approximate surface area is 86.3 Å². The molecule has 0 radical (unpaired) electrons. The predicted octanol–water partition coefficient (Wildman–Crippen LogP) is -1.80. The van der Waals surface area contributed by atoms with Gasteiger partial charge in [-0.05, 0) is 6.42 Å². The lowest BCUT2D eigenvalue weighted by Gasteiger charge is -2.14. The quantitative estimate of drug-likeness (QED) is 0.418. The lowest BCUT2D eigenvalue weighted by molar-refractivity contribution is -0.144. The molecule has 2 atom stereocenters. The normalized spacial score (nSPS) is 14.0. The maximum absolute atomic E-state index is 11.1. The number of carboxylic acids is 1. The van der Waals surface area contributed by atoms with Crippen molar-refractivity contribution in [2.45, 2.75) is 31.9 Å². The molecule has 0 aliphatic rings. The van der Waals surface area contributed by atoms with Gasteiger partial charge in [-0.1, -0.05) is 6.92 Å². The first-order valence-electron chi connectivity index (χ1n) is 4.38. The van der Waals surface area contributed by atoms with Crippen LogP contribution in [-0.4, -0.2) is 40.1 Å². The highest BCUT2D eigenvalue weighted by atomic mass is 16.4.